The van der Waals surface area contributed by atoms with Crippen molar-refractivity contribution in [3.05, 3.63) is 18.2 Å². The van der Waals surface area contributed by atoms with Crippen LogP contribution in [0.25, 0.3) is 0 Å². The molecule has 0 unspecified atom stereocenters. The third kappa shape index (κ3) is 1.45. The van der Waals surface area contributed by atoms with Crippen molar-refractivity contribution >= 4 is 15.8 Å². The van der Waals surface area contributed by atoms with Gasteiger partial charge in [-0.15, -0.1) is 0 Å². The molecule has 0 atom stereocenters. The molecular formula is C7H7NO4S. The summed E-state index contributed by atoms with van der Waals surface area (Å²) < 4.78 is 35.2. The van der Waals surface area contributed by atoms with E-state index in [9.17, 15) is 8.42 Å². The van der Waals surface area contributed by atoms with E-state index in [4.69, 9.17) is 9.29 Å². The molecule has 0 spiro atoms. The molecule has 0 bridgehead atoms. The maximum absolute atomic E-state index is 10.7. The third-order valence-corrected chi connectivity index (χ3v) is 2.59. The smallest absolute Gasteiger partial charge is 0.294 e. The molecule has 0 amide bonds. The standard InChI is InChI=1S/C7H7NO4S/c9-13(10,11)5-1-2-7-6(3-5)8-4-12-7/h1-3,8H,4H2,(H,9,10,11). The quantitative estimate of drug-likeness (QED) is 0.654. The van der Waals surface area contributed by atoms with Gasteiger partial charge in [0.2, 0.25) is 0 Å². The monoisotopic (exact) mass is 201 g/mol. The van der Waals surface area contributed by atoms with Gasteiger partial charge in [-0.25, -0.2) is 0 Å². The summed E-state index contributed by atoms with van der Waals surface area (Å²) in [6.07, 6.45) is 0. The fourth-order valence-electron chi connectivity index (χ4n) is 1.13. The second kappa shape index (κ2) is 2.61. The first kappa shape index (κ1) is 8.33. The van der Waals surface area contributed by atoms with Crippen LogP contribution in [0.15, 0.2) is 23.1 Å². The highest BCUT2D eigenvalue weighted by Crippen LogP contribution is 2.30. The summed E-state index contributed by atoms with van der Waals surface area (Å²) in [5.74, 6) is 0.590. The molecule has 1 aromatic rings. The Morgan fingerprint density at radius 3 is 2.92 bits per heavy atom. The summed E-state index contributed by atoms with van der Waals surface area (Å²) in [7, 11) is -4.12. The highest BCUT2D eigenvalue weighted by Gasteiger charge is 2.16. The van der Waals surface area contributed by atoms with Gasteiger partial charge in [0.1, 0.15) is 5.75 Å². The predicted molar refractivity (Wildman–Crippen MR) is 45.4 cm³/mol. The van der Waals surface area contributed by atoms with Gasteiger partial charge in [-0.05, 0) is 18.2 Å². The Bertz CT molecular complexity index is 440. The number of nitrogens with one attached hydrogen (secondary N) is 1. The molecule has 2 rings (SSSR count). The van der Waals surface area contributed by atoms with Gasteiger partial charge in [-0.2, -0.15) is 8.42 Å². The van der Waals surface area contributed by atoms with Crippen LogP contribution in [0.1, 0.15) is 0 Å². The van der Waals surface area contributed by atoms with Crippen molar-refractivity contribution in [3.8, 4) is 5.75 Å². The molecule has 1 aliphatic rings. The van der Waals surface area contributed by atoms with Gasteiger partial charge in [-0.3, -0.25) is 4.55 Å². The van der Waals surface area contributed by atoms with E-state index in [0.29, 0.717) is 18.2 Å². The molecule has 13 heavy (non-hydrogen) atoms. The van der Waals surface area contributed by atoms with Gasteiger partial charge in [0.05, 0.1) is 10.6 Å². The Morgan fingerprint density at radius 2 is 2.23 bits per heavy atom. The number of benzene rings is 1. The molecule has 2 N–H and O–H groups in total. The minimum atomic E-state index is -4.12. The fourth-order valence-corrected chi connectivity index (χ4v) is 1.63. The maximum Gasteiger partial charge on any atom is 0.294 e. The average molecular weight is 201 g/mol. The summed E-state index contributed by atoms with van der Waals surface area (Å²) in [5.41, 5.74) is 0.579. The van der Waals surface area contributed by atoms with Crippen molar-refractivity contribution in [3.63, 3.8) is 0 Å². The van der Waals surface area contributed by atoms with E-state index in [1.165, 1.54) is 18.2 Å². The van der Waals surface area contributed by atoms with Crippen LogP contribution in [-0.4, -0.2) is 19.7 Å². The number of hydrogen-bond donors (Lipinski definition) is 2. The second-order valence-electron chi connectivity index (χ2n) is 2.60. The number of anilines is 1. The van der Waals surface area contributed by atoms with Crippen molar-refractivity contribution in [1.82, 2.24) is 0 Å². The van der Waals surface area contributed by atoms with Crippen LogP contribution in [0.2, 0.25) is 0 Å². The first-order valence-electron chi connectivity index (χ1n) is 3.55. The first-order chi connectivity index (χ1) is 6.07. The predicted octanol–water partition coefficient (Wildman–Crippen LogP) is 0.695. The fraction of sp³-hybridized carbons (Fsp3) is 0.143. The van der Waals surface area contributed by atoms with Crippen molar-refractivity contribution in [2.24, 2.45) is 0 Å². The number of hydrogen-bond acceptors (Lipinski definition) is 4. The van der Waals surface area contributed by atoms with E-state index >= 15 is 0 Å². The Kier molecular flexibility index (Phi) is 1.67. The molecule has 5 nitrogen and oxygen atoms in total. The largest absolute Gasteiger partial charge is 0.471 e. The van der Waals surface area contributed by atoms with Crippen molar-refractivity contribution in [1.29, 1.82) is 0 Å². The lowest BCUT2D eigenvalue weighted by Gasteiger charge is -1.99. The molecule has 0 fully saturated rings. The van der Waals surface area contributed by atoms with Gasteiger partial charge in [-0.1, -0.05) is 0 Å². The average Bonchev–Trinajstić information content (AvgIpc) is 2.47. The molecule has 0 aliphatic carbocycles. The number of rotatable bonds is 1. The lowest BCUT2D eigenvalue weighted by Crippen LogP contribution is -1.98. The molecular weight excluding hydrogens is 194 g/mol. The summed E-state index contributed by atoms with van der Waals surface area (Å²) in [6.45, 7) is 0.324. The third-order valence-electron chi connectivity index (χ3n) is 1.74. The SMILES string of the molecule is O=S(=O)(O)c1ccc2c(c1)NCO2. The van der Waals surface area contributed by atoms with E-state index in [1.807, 2.05) is 0 Å². The van der Waals surface area contributed by atoms with Gasteiger partial charge in [0.25, 0.3) is 10.1 Å². The van der Waals surface area contributed by atoms with Crippen LogP contribution in [0.3, 0.4) is 0 Å². The van der Waals surface area contributed by atoms with E-state index < -0.39 is 10.1 Å². The molecule has 1 aromatic carbocycles. The highest BCUT2D eigenvalue weighted by molar-refractivity contribution is 7.85. The van der Waals surface area contributed by atoms with Crippen LogP contribution >= 0.6 is 0 Å². The number of fused-ring (bicyclic) bond motifs is 1. The van der Waals surface area contributed by atoms with E-state index in [2.05, 4.69) is 5.32 Å². The van der Waals surface area contributed by atoms with E-state index in [0.717, 1.165) is 0 Å². The minimum Gasteiger partial charge on any atom is -0.471 e. The topological polar surface area (TPSA) is 75.6 Å². The molecule has 0 saturated heterocycles. The molecule has 0 saturated carbocycles. The summed E-state index contributed by atoms with van der Waals surface area (Å²) in [5, 5.41) is 2.81. The van der Waals surface area contributed by atoms with Gasteiger partial charge in [0.15, 0.2) is 6.73 Å². The molecule has 6 heteroatoms. The van der Waals surface area contributed by atoms with Crippen LogP contribution in [0.5, 0.6) is 5.75 Å². The Labute approximate surface area is 75.1 Å². The normalized spacial score (nSPS) is 14.5. The summed E-state index contributed by atoms with van der Waals surface area (Å²) in [6, 6.07) is 4.12. The molecule has 70 valence electrons. The lowest BCUT2D eigenvalue weighted by atomic mass is 10.3. The zero-order valence-electron chi connectivity index (χ0n) is 6.52. The van der Waals surface area contributed by atoms with Crippen LogP contribution in [0, 0.1) is 0 Å². The number of ether oxygens (including phenoxy) is 1. The lowest BCUT2D eigenvalue weighted by molar-refractivity contribution is 0.372. The van der Waals surface area contributed by atoms with Crippen molar-refractivity contribution in [2.45, 2.75) is 4.90 Å². The van der Waals surface area contributed by atoms with Crippen LogP contribution in [-0.2, 0) is 10.1 Å². The van der Waals surface area contributed by atoms with Gasteiger partial charge in [0, 0.05) is 0 Å². The van der Waals surface area contributed by atoms with Crippen LogP contribution in [0.4, 0.5) is 5.69 Å². The molecule has 1 aliphatic heterocycles. The van der Waals surface area contributed by atoms with E-state index in [1.54, 1.807) is 0 Å². The summed E-state index contributed by atoms with van der Waals surface area (Å²) >= 11 is 0. The Balaban J connectivity index is 2.54. The van der Waals surface area contributed by atoms with Gasteiger partial charge >= 0.3 is 0 Å². The molecule has 1 heterocycles. The zero-order valence-corrected chi connectivity index (χ0v) is 7.34. The molecule has 0 aromatic heterocycles. The Hall–Kier alpha value is -1.27. The van der Waals surface area contributed by atoms with Crippen molar-refractivity contribution < 1.29 is 17.7 Å². The highest BCUT2D eigenvalue weighted by atomic mass is 32.2. The first-order valence-corrected chi connectivity index (χ1v) is 4.99. The van der Waals surface area contributed by atoms with Crippen LogP contribution < -0.4 is 10.1 Å². The van der Waals surface area contributed by atoms with Gasteiger partial charge < -0.3 is 10.1 Å². The maximum atomic E-state index is 10.7. The van der Waals surface area contributed by atoms with Crippen molar-refractivity contribution in [2.75, 3.05) is 12.0 Å². The van der Waals surface area contributed by atoms with E-state index in [-0.39, 0.29) is 4.90 Å². The Morgan fingerprint density at radius 1 is 1.46 bits per heavy atom. The molecule has 0 radical (unpaired) electrons. The minimum absolute atomic E-state index is 0.135. The zero-order chi connectivity index (χ0) is 9.47. The summed E-state index contributed by atoms with van der Waals surface area (Å²) in [4.78, 5) is -0.135. The second-order valence-corrected chi connectivity index (χ2v) is 4.02.